The molecule has 5 nitrogen and oxygen atoms in total. The van der Waals surface area contributed by atoms with Gasteiger partial charge in [-0.1, -0.05) is 6.92 Å². The first-order valence-corrected chi connectivity index (χ1v) is 9.47. The number of carbonyl (C=O) groups excluding carboxylic acids is 2. The Morgan fingerprint density at radius 3 is 2.22 bits per heavy atom. The topological polar surface area (TPSA) is 52.7 Å². The van der Waals surface area contributed by atoms with E-state index in [-0.39, 0.29) is 17.9 Å². The van der Waals surface area contributed by atoms with Gasteiger partial charge in [-0.25, -0.2) is 4.79 Å². The third-order valence-electron chi connectivity index (χ3n) is 5.80. The van der Waals surface area contributed by atoms with Crippen LogP contribution in [0.3, 0.4) is 0 Å². The summed E-state index contributed by atoms with van der Waals surface area (Å²) in [6, 6.07) is 0.495. The first-order valence-electron chi connectivity index (χ1n) is 9.47. The Kier molecular flexibility index (Phi) is 5.44. The normalized spacial score (nSPS) is 32.0. The van der Waals surface area contributed by atoms with E-state index in [4.69, 9.17) is 0 Å². The van der Waals surface area contributed by atoms with Crippen LogP contribution in [0.2, 0.25) is 0 Å². The van der Waals surface area contributed by atoms with Crippen LogP contribution in [0.5, 0.6) is 0 Å². The third kappa shape index (κ3) is 4.18. The van der Waals surface area contributed by atoms with Crippen LogP contribution in [0.25, 0.3) is 0 Å². The number of piperidine rings is 1. The molecule has 1 N–H and O–H groups in total. The summed E-state index contributed by atoms with van der Waals surface area (Å²) >= 11 is 0. The number of likely N-dealkylation sites (tertiary alicyclic amines) is 2. The van der Waals surface area contributed by atoms with E-state index in [0.717, 1.165) is 64.1 Å². The molecular weight excluding hydrogens is 290 g/mol. The summed E-state index contributed by atoms with van der Waals surface area (Å²) in [6.07, 6.45) is 8.74. The number of rotatable bonds is 2. The highest BCUT2D eigenvalue weighted by atomic mass is 16.2. The van der Waals surface area contributed by atoms with Gasteiger partial charge in [-0.2, -0.15) is 0 Å². The van der Waals surface area contributed by atoms with Gasteiger partial charge in [0.05, 0.1) is 5.92 Å². The molecule has 0 bridgehead atoms. The van der Waals surface area contributed by atoms with Crippen LogP contribution in [0.15, 0.2) is 0 Å². The lowest BCUT2D eigenvalue weighted by atomic mass is 9.87. The van der Waals surface area contributed by atoms with Crippen molar-refractivity contribution in [2.24, 2.45) is 11.8 Å². The first kappa shape index (κ1) is 16.6. The lowest BCUT2D eigenvalue weighted by Gasteiger charge is -2.35. The fourth-order valence-corrected chi connectivity index (χ4v) is 4.20. The van der Waals surface area contributed by atoms with Gasteiger partial charge in [0.15, 0.2) is 0 Å². The molecule has 130 valence electrons. The van der Waals surface area contributed by atoms with Gasteiger partial charge in [0.2, 0.25) is 5.91 Å². The number of hydrogen-bond donors (Lipinski definition) is 1. The van der Waals surface area contributed by atoms with Crippen LogP contribution in [0.1, 0.15) is 58.3 Å². The summed E-state index contributed by atoms with van der Waals surface area (Å²) in [5, 5.41) is 3.25. The number of carbonyl (C=O) groups is 2. The van der Waals surface area contributed by atoms with Crippen molar-refractivity contribution in [1.82, 2.24) is 15.1 Å². The second kappa shape index (κ2) is 7.54. The van der Waals surface area contributed by atoms with Crippen LogP contribution in [0, 0.1) is 11.8 Å². The first-order chi connectivity index (χ1) is 11.1. The highest BCUT2D eigenvalue weighted by Gasteiger charge is 2.32. The van der Waals surface area contributed by atoms with Crippen LogP contribution in [-0.4, -0.2) is 54.0 Å². The van der Waals surface area contributed by atoms with Gasteiger partial charge >= 0.3 is 6.03 Å². The Bertz CT molecular complexity index is 426. The van der Waals surface area contributed by atoms with E-state index in [1.165, 1.54) is 12.8 Å². The van der Waals surface area contributed by atoms with Gasteiger partial charge in [0, 0.05) is 32.2 Å². The molecule has 5 heteroatoms. The molecule has 3 fully saturated rings. The molecule has 3 rings (SSSR count). The number of amides is 3. The second-order valence-corrected chi connectivity index (χ2v) is 7.73. The number of nitrogens with zero attached hydrogens (tertiary/aromatic N) is 2. The summed E-state index contributed by atoms with van der Waals surface area (Å²) in [5.41, 5.74) is 0. The van der Waals surface area contributed by atoms with Crippen molar-refractivity contribution < 1.29 is 9.59 Å². The zero-order valence-corrected chi connectivity index (χ0v) is 14.4. The number of hydrogen-bond acceptors (Lipinski definition) is 2. The molecule has 2 heterocycles. The largest absolute Gasteiger partial charge is 0.353 e. The van der Waals surface area contributed by atoms with E-state index < -0.39 is 0 Å². The van der Waals surface area contributed by atoms with Gasteiger partial charge in [-0.3, -0.25) is 4.79 Å². The zero-order valence-electron chi connectivity index (χ0n) is 14.4. The second-order valence-electron chi connectivity index (χ2n) is 7.73. The van der Waals surface area contributed by atoms with Crippen LogP contribution < -0.4 is 5.32 Å². The van der Waals surface area contributed by atoms with E-state index in [1.54, 1.807) is 0 Å². The predicted molar refractivity (Wildman–Crippen MR) is 90.1 cm³/mol. The molecule has 1 aliphatic carbocycles. The molecule has 0 unspecified atom stereocenters. The maximum Gasteiger partial charge on any atom is 0.320 e. The molecule has 2 saturated heterocycles. The smallest absolute Gasteiger partial charge is 0.320 e. The minimum Gasteiger partial charge on any atom is -0.353 e. The summed E-state index contributed by atoms with van der Waals surface area (Å²) < 4.78 is 0. The maximum atomic E-state index is 12.6. The number of urea groups is 1. The van der Waals surface area contributed by atoms with E-state index in [2.05, 4.69) is 12.2 Å². The Morgan fingerprint density at radius 2 is 1.52 bits per heavy atom. The van der Waals surface area contributed by atoms with Crippen molar-refractivity contribution >= 4 is 11.9 Å². The molecule has 3 amide bonds. The summed E-state index contributed by atoms with van der Waals surface area (Å²) in [6.45, 7) is 5.46. The molecule has 0 spiro atoms. The molecule has 0 aromatic heterocycles. The monoisotopic (exact) mass is 321 g/mol. The third-order valence-corrected chi connectivity index (χ3v) is 5.80. The summed E-state index contributed by atoms with van der Waals surface area (Å²) in [7, 11) is 0. The minimum absolute atomic E-state index is 0.0188. The van der Waals surface area contributed by atoms with E-state index in [9.17, 15) is 9.59 Å². The van der Waals surface area contributed by atoms with Crippen molar-refractivity contribution in [2.45, 2.75) is 64.3 Å². The average Bonchev–Trinajstić information content (AvgIpc) is 3.11. The molecule has 2 aliphatic heterocycles. The Morgan fingerprint density at radius 1 is 0.870 bits per heavy atom. The van der Waals surface area contributed by atoms with Gasteiger partial charge in [-0.05, 0) is 57.3 Å². The average molecular weight is 321 g/mol. The molecule has 0 aromatic carbocycles. The van der Waals surface area contributed by atoms with Gasteiger partial charge in [0.1, 0.15) is 0 Å². The molecule has 0 aromatic rings. The van der Waals surface area contributed by atoms with Crippen molar-refractivity contribution in [2.75, 3.05) is 26.2 Å². The van der Waals surface area contributed by atoms with Crippen LogP contribution in [-0.2, 0) is 4.79 Å². The Hall–Kier alpha value is -1.26. The Labute approximate surface area is 139 Å². The molecule has 1 saturated carbocycles. The highest BCUT2D eigenvalue weighted by molar-refractivity contribution is 5.81. The van der Waals surface area contributed by atoms with Gasteiger partial charge < -0.3 is 15.1 Å². The number of nitrogens with one attached hydrogen (secondary N) is 1. The SMILES string of the molecule is CC1CCC(NC(=O)[C@@H]2CCCN(C(=O)N3CCCC3)C2)CC1. The van der Waals surface area contributed by atoms with Crippen molar-refractivity contribution in [3.8, 4) is 0 Å². The van der Waals surface area contributed by atoms with Crippen molar-refractivity contribution in [3.05, 3.63) is 0 Å². The molecule has 23 heavy (non-hydrogen) atoms. The lowest BCUT2D eigenvalue weighted by Crippen LogP contribution is -2.51. The predicted octanol–water partition coefficient (Wildman–Crippen LogP) is 2.61. The fourth-order valence-electron chi connectivity index (χ4n) is 4.20. The van der Waals surface area contributed by atoms with Crippen molar-refractivity contribution in [3.63, 3.8) is 0 Å². The summed E-state index contributed by atoms with van der Waals surface area (Å²) in [4.78, 5) is 28.9. The Balaban J connectivity index is 1.49. The van der Waals surface area contributed by atoms with Gasteiger partial charge in [0.25, 0.3) is 0 Å². The highest BCUT2D eigenvalue weighted by Crippen LogP contribution is 2.25. The maximum absolute atomic E-state index is 12.6. The minimum atomic E-state index is -0.0188. The van der Waals surface area contributed by atoms with Crippen LogP contribution in [0.4, 0.5) is 4.79 Å². The molecule has 3 aliphatic rings. The molecule has 0 radical (unpaired) electrons. The molecule has 1 atom stereocenters. The standard InChI is InChI=1S/C18H31N3O2/c1-14-6-8-16(9-7-14)19-17(22)15-5-4-12-21(13-15)18(23)20-10-2-3-11-20/h14-16H,2-13H2,1H3,(H,19,22)/t14?,15-,16?/m1/s1. The van der Waals surface area contributed by atoms with E-state index >= 15 is 0 Å². The fraction of sp³-hybridized carbons (Fsp3) is 0.889. The van der Waals surface area contributed by atoms with Gasteiger partial charge in [-0.15, -0.1) is 0 Å². The van der Waals surface area contributed by atoms with E-state index in [0.29, 0.717) is 12.6 Å². The molecular formula is C18H31N3O2. The quantitative estimate of drug-likeness (QED) is 0.850. The lowest BCUT2D eigenvalue weighted by molar-refractivity contribution is -0.127. The van der Waals surface area contributed by atoms with Crippen LogP contribution >= 0.6 is 0 Å². The van der Waals surface area contributed by atoms with E-state index in [1.807, 2.05) is 9.80 Å². The zero-order chi connectivity index (χ0) is 16.2. The summed E-state index contributed by atoms with van der Waals surface area (Å²) in [5.74, 6) is 0.949. The van der Waals surface area contributed by atoms with Crippen molar-refractivity contribution in [1.29, 1.82) is 0 Å².